The number of halogens is 1. The molecule has 8 heteroatoms. The molecular weight excluding hydrogens is 379 g/mol. The number of hydrogen-bond acceptors (Lipinski definition) is 5. The first-order valence-corrected chi connectivity index (χ1v) is 9.63. The molecule has 1 N–H and O–H groups in total. The summed E-state index contributed by atoms with van der Waals surface area (Å²) in [6.45, 7) is 2.33. The molecule has 0 fully saturated rings. The Morgan fingerprint density at radius 3 is 2.68 bits per heavy atom. The van der Waals surface area contributed by atoms with E-state index in [9.17, 15) is 9.18 Å². The molecule has 3 aromatic rings. The molecule has 0 aliphatic heterocycles. The first-order chi connectivity index (χ1) is 13.5. The molecular formula is C20H21FN4O2S. The zero-order valence-corrected chi connectivity index (χ0v) is 16.7. The third-order valence-corrected chi connectivity index (χ3v) is 5.01. The van der Waals surface area contributed by atoms with Crippen molar-refractivity contribution in [1.82, 2.24) is 20.1 Å². The van der Waals surface area contributed by atoms with Gasteiger partial charge in [0.1, 0.15) is 0 Å². The molecule has 0 unspecified atom stereocenters. The molecule has 0 spiro atoms. The maximum Gasteiger partial charge on any atom is 0.233 e. The standard InChI is InChI=1S/C20H21FN4O2S/c1-13-4-7-15(8-5-13)19-22-20(24-23-19)28-12-18(26)25(2)11-14-6-9-17(27-3)16(21)10-14/h4-10H,11-12H2,1-3H3,(H,22,23,24). The molecule has 0 saturated carbocycles. The monoisotopic (exact) mass is 400 g/mol. The number of aryl methyl sites for hydroxylation is 1. The highest BCUT2D eigenvalue weighted by atomic mass is 32.2. The van der Waals surface area contributed by atoms with Gasteiger partial charge in [0.15, 0.2) is 17.4 Å². The fourth-order valence-corrected chi connectivity index (χ4v) is 3.30. The van der Waals surface area contributed by atoms with E-state index in [1.54, 1.807) is 24.1 Å². The molecule has 146 valence electrons. The number of H-pyrrole nitrogens is 1. The fraction of sp³-hybridized carbons (Fsp3) is 0.250. The molecule has 1 aromatic heterocycles. The molecule has 6 nitrogen and oxygen atoms in total. The van der Waals surface area contributed by atoms with Crippen molar-refractivity contribution in [2.75, 3.05) is 19.9 Å². The van der Waals surface area contributed by atoms with Gasteiger partial charge in [-0.3, -0.25) is 9.89 Å². The van der Waals surface area contributed by atoms with Crippen LogP contribution in [0, 0.1) is 12.7 Å². The number of nitrogens with zero attached hydrogens (tertiary/aromatic N) is 3. The molecule has 0 aliphatic rings. The van der Waals surface area contributed by atoms with Crippen molar-refractivity contribution in [3.05, 3.63) is 59.4 Å². The first-order valence-electron chi connectivity index (χ1n) is 8.65. The summed E-state index contributed by atoms with van der Waals surface area (Å²) < 4.78 is 18.7. The number of carbonyl (C=O) groups is 1. The Bertz CT molecular complexity index is 959. The van der Waals surface area contributed by atoms with Gasteiger partial charge in [-0.1, -0.05) is 47.7 Å². The number of aromatic nitrogens is 3. The van der Waals surface area contributed by atoms with Crippen molar-refractivity contribution in [1.29, 1.82) is 0 Å². The lowest BCUT2D eigenvalue weighted by Gasteiger charge is -2.17. The van der Waals surface area contributed by atoms with Crippen molar-refractivity contribution in [3.63, 3.8) is 0 Å². The second-order valence-corrected chi connectivity index (χ2v) is 7.28. The highest BCUT2D eigenvalue weighted by molar-refractivity contribution is 7.99. The molecule has 1 heterocycles. The number of hydrogen-bond donors (Lipinski definition) is 1. The normalized spacial score (nSPS) is 10.7. The molecule has 0 aliphatic carbocycles. The second kappa shape index (κ2) is 8.88. The van der Waals surface area contributed by atoms with Gasteiger partial charge in [-0.2, -0.15) is 0 Å². The van der Waals surface area contributed by atoms with Crippen molar-refractivity contribution >= 4 is 17.7 Å². The van der Waals surface area contributed by atoms with Gasteiger partial charge < -0.3 is 9.64 Å². The van der Waals surface area contributed by atoms with Crippen molar-refractivity contribution < 1.29 is 13.9 Å². The number of methoxy groups -OCH3 is 1. The summed E-state index contributed by atoms with van der Waals surface area (Å²) in [4.78, 5) is 18.3. The van der Waals surface area contributed by atoms with Crippen LogP contribution in [0.3, 0.4) is 0 Å². The lowest BCUT2D eigenvalue weighted by atomic mass is 10.1. The first kappa shape index (κ1) is 19.9. The number of aromatic amines is 1. The molecule has 0 radical (unpaired) electrons. The Morgan fingerprint density at radius 2 is 2.00 bits per heavy atom. The quantitative estimate of drug-likeness (QED) is 0.613. The lowest BCUT2D eigenvalue weighted by molar-refractivity contribution is -0.127. The number of benzene rings is 2. The summed E-state index contributed by atoms with van der Waals surface area (Å²) >= 11 is 1.26. The minimum Gasteiger partial charge on any atom is -0.494 e. The summed E-state index contributed by atoms with van der Waals surface area (Å²) in [6.07, 6.45) is 0. The highest BCUT2D eigenvalue weighted by Gasteiger charge is 2.14. The van der Waals surface area contributed by atoms with E-state index >= 15 is 0 Å². The number of carbonyl (C=O) groups excluding carboxylic acids is 1. The smallest absolute Gasteiger partial charge is 0.233 e. The minimum absolute atomic E-state index is 0.0945. The molecule has 2 aromatic carbocycles. The number of thioether (sulfide) groups is 1. The van der Waals surface area contributed by atoms with Crippen LogP contribution in [0.25, 0.3) is 11.4 Å². The van der Waals surface area contributed by atoms with E-state index in [1.807, 2.05) is 31.2 Å². The summed E-state index contributed by atoms with van der Waals surface area (Å²) in [5.41, 5.74) is 2.80. The molecule has 0 saturated heterocycles. The summed E-state index contributed by atoms with van der Waals surface area (Å²) in [5.74, 6) is 0.502. The van der Waals surface area contributed by atoms with Crippen LogP contribution >= 0.6 is 11.8 Å². The largest absolute Gasteiger partial charge is 0.494 e. The number of ether oxygens (including phenoxy) is 1. The Morgan fingerprint density at radius 1 is 1.25 bits per heavy atom. The van der Waals surface area contributed by atoms with Crippen LogP contribution in [0.2, 0.25) is 0 Å². The molecule has 3 rings (SSSR count). The van der Waals surface area contributed by atoms with Crippen LogP contribution < -0.4 is 4.74 Å². The van der Waals surface area contributed by atoms with Crippen molar-refractivity contribution in [2.24, 2.45) is 0 Å². The van der Waals surface area contributed by atoms with Gasteiger partial charge in [0.25, 0.3) is 0 Å². The minimum atomic E-state index is -0.445. The number of amides is 1. The van der Waals surface area contributed by atoms with E-state index < -0.39 is 5.82 Å². The van der Waals surface area contributed by atoms with Crippen LogP contribution in [-0.4, -0.2) is 45.9 Å². The van der Waals surface area contributed by atoms with E-state index in [0.717, 1.165) is 5.56 Å². The SMILES string of the molecule is COc1ccc(CN(C)C(=O)CSc2n[nH]c(-c3ccc(C)cc3)n2)cc1F. The third kappa shape index (κ3) is 4.89. The van der Waals surface area contributed by atoms with Gasteiger partial charge in [0.2, 0.25) is 11.1 Å². The molecule has 0 atom stereocenters. The van der Waals surface area contributed by atoms with Gasteiger partial charge in [-0.25, -0.2) is 9.37 Å². The molecule has 28 heavy (non-hydrogen) atoms. The van der Waals surface area contributed by atoms with Crippen LogP contribution in [0.1, 0.15) is 11.1 Å². The molecule has 0 bridgehead atoms. The Balaban J connectivity index is 1.55. The van der Waals surface area contributed by atoms with Crippen LogP contribution in [0.5, 0.6) is 5.75 Å². The predicted molar refractivity (Wildman–Crippen MR) is 107 cm³/mol. The zero-order chi connectivity index (χ0) is 20.1. The predicted octanol–water partition coefficient (Wildman–Crippen LogP) is 3.68. The van der Waals surface area contributed by atoms with Crippen LogP contribution in [-0.2, 0) is 11.3 Å². The zero-order valence-electron chi connectivity index (χ0n) is 15.9. The van der Waals surface area contributed by atoms with Crippen LogP contribution in [0.15, 0.2) is 47.6 Å². The van der Waals surface area contributed by atoms with Gasteiger partial charge in [-0.15, -0.1) is 5.10 Å². The topological polar surface area (TPSA) is 71.1 Å². The number of rotatable bonds is 7. The van der Waals surface area contributed by atoms with E-state index in [2.05, 4.69) is 15.2 Å². The molecule has 1 amide bonds. The maximum absolute atomic E-state index is 13.8. The maximum atomic E-state index is 13.8. The Kier molecular flexibility index (Phi) is 6.30. The fourth-order valence-electron chi connectivity index (χ4n) is 2.56. The van der Waals surface area contributed by atoms with E-state index in [-0.39, 0.29) is 17.4 Å². The van der Waals surface area contributed by atoms with Crippen molar-refractivity contribution in [3.8, 4) is 17.1 Å². The van der Waals surface area contributed by atoms with E-state index in [1.165, 1.54) is 30.5 Å². The number of nitrogens with one attached hydrogen (secondary N) is 1. The van der Waals surface area contributed by atoms with E-state index in [0.29, 0.717) is 23.1 Å². The summed E-state index contributed by atoms with van der Waals surface area (Å²) in [6, 6.07) is 12.6. The highest BCUT2D eigenvalue weighted by Crippen LogP contribution is 2.21. The van der Waals surface area contributed by atoms with E-state index in [4.69, 9.17) is 4.74 Å². The lowest BCUT2D eigenvalue weighted by Crippen LogP contribution is -2.27. The summed E-state index contributed by atoms with van der Waals surface area (Å²) in [5, 5.41) is 7.55. The second-order valence-electron chi connectivity index (χ2n) is 6.34. The van der Waals surface area contributed by atoms with Gasteiger partial charge >= 0.3 is 0 Å². The van der Waals surface area contributed by atoms with Crippen LogP contribution in [0.4, 0.5) is 4.39 Å². The average Bonchev–Trinajstić information content (AvgIpc) is 3.16. The Hall–Kier alpha value is -2.87. The average molecular weight is 400 g/mol. The Labute approximate surface area is 167 Å². The third-order valence-electron chi connectivity index (χ3n) is 4.18. The van der Waals surface area contributed by atoms with Gasteiger partial charge in [-0.05, 0) is 24.6 Å². The summed E-state index contributed by atoms with van der Waals surface area (Å²) in [7, 11) is 3.10. The van der Waals surface area contributed by atoms with Gasteiger partial charge in [0, 0.05) is 19.2 Å². The van der Waals surface area contributed by atoms with Crippen molar-refractivity contribution in [2.45, 2.75) is 18.6 Å². The van der Waals surface area contributed by atoms with Gasteiger partial charge in [0.05, 0.1) is 12.9 Å².